The maximum absolute atomic E-state index is 11.2. The van der Waals surface area contributed by atoms with E-state index in [2.05, 4.69) is 5.32 Å². The minimum absolute atomic E-state index is 0.0981. The van der Waals surface area contributed by atoms with Gasteiger partial charge in [-0.05, 0) is 18.6 Å². The van der Waals surface area contributed by atoms with E-state index in [4.69, 9.17) is 9.84 Å². The van der Waals surface area contributed by atoms with Gasteiger partial charge in [-0.3, -0.25) is 10.1 Å². The van der Waals surface area contributed by atoms with Crippen molar-refractivity contribution in [1.29, 1.82) is 0 Å². The highest BCUT2D eigenvalue weighted by molar-refractivity contribution is 5.69. The van der Waals surface area contributed by atoms with Crippen LogP contribution in [-0.2, 0) is 4.74 Å². The van der Waals surface area contributed by atoms with Crippen LogP contribution in [0.2, 0.25) is 0 Å². The number of nitro benzene ring substituents is 1. The van der Waals surface area contributed by atoms with Crippen molar-refractivity contribution in [1.82, 2.24) is 0 Å². The molecule has 7 heteroatoms. The van der Waals surface area contributed by atoms with E-state index in [-0.39, 0.29) is 17.2 Å². The van der Waals surface area contributed by atoms with Gasteiger partial charge >= 0.3 is 0 Å². The molecule has 0 unspecified atom stereocenters. The summed E-state index contributed by atoms with van der Waals surface area (Å²) < 4.78 is 5.26. The van der Waals surface area contributed by atoms with Gasteiger partial charge in [-0.2, -0.15) is 0 Å². The zero-order chi connectivity index (χ0) is 14.4. The topological polar surface area (TPSA) is 87.9 Å². The molecular weight excluding hydrogens is 262 g/mol. The monoisotopic (exact) mass is 281 g/mol. The molecule has 7 nitrogen and oxygen atoms in total. The van der Waals surface area contributed by atoms with Crippen molar-refractivity contribution in [2.24, 2.45) is 0 Å². The van der Waals surface area contributed by atoms with Gasteiger partial charge in [-0.15, -0.1) is 0 Å². The van der Waals surface area contributed by atoms with Crippen LogP contribution in [0.1, 0.15) is 6.42 Å². The fourth-order valence-electron chi connectivity index (χ4n) is 2.16. The number of anilines is 2. The van der Waals surface area contributed by atoms with Crippen LogP contribution in [-0.4, -0.2) is 49.5 Å². The van der Waals surface area contributed by atoms with Crippen LogP contribution in [0.4, 0.5) is 17.1 Å². The standard InChI is InChI=1S/C13H19N3O4/c17-7-1-4-14-11-2-3-12(13(10-11)16(18)19)15-5-8-20-9-6-15/h2-3,10,14,17H,1,4-9H2. The van der Waals surface area contributed by atoms with E-state index in [0.717, 1.165) is 0 Å². The molecule has 0 bridgehead atoms. The summed E-state index contributed by atoms with van der Waals surface area (Å²) in [7, 11) is 0. The second kappa shape index (κ2) is 7.06. The quantitative estimate of drug-likeness (QED) is 0.463. The van der Waals surface area contributed by atoms with Crippen LogP contribution in [0, 0.1) is 10.1 Å². The summed E-state index contributed by atoms with van der Waals surface area (Å²) in [5.74, 6) is 0. The molecule has 1 aromatic carbocycles. The number of morpholine rings is 1. The maximum atomic E-state index is 11.2. The Balaban J connectivity index is 2.16. The van der Waals surface area contributed by atoms with E-state index in [0.29, 0.717) is 50.6 Å². The number of aliphatic hydroxyl groups excluding tert-OH is 1. The van der Waals surface area contributed by atoms with Gasteiger partial charge in [0, 0.05) is 38.0 Å². The lowest BCUT2D eigenvalue weighted by Gasteiger charge is -2.28. The molecule has 0 radical (unpaired) electrons. The number of hydrogen-bond acceptors (Lipinski definition) is 6. The first-order valence-electron chi connectivity index (χ1n) is 6.68. The van der Waals surface area contributed by atoms with E-state index in [1.807, 2.05) is 11.0 Å². The molecule has 1 saturated heterocycles. The van der Waals surface area contributed by atoms with Gasteiger partial charge in [0.2, 0.25) is 0 Å². The highest BCUT2D eigenvalue weighted by atomic mass is 16.6. The van der Waals surface area contributed by atoms with Gasteiger partial charge in [0.05, 0.1) is 18.1 Å². The second-order valence-corrected chi connectivity index (χ2v) is 4.56. The molecule has 0 amide bonds. The summed E-state index contributed by atoms with van der Waals surface area (Å²) in [6.07, 6.45) is 0.610. The number of nitrogens with one attached hydrogen (secondary N) is 1. The minimum atomic E-state index is -0.359. The third-order valence-corrected chi connectivity index (χ3v) is 3.19. The average Bonchev–Trinajstić information content (AvgIpc) is 2.48. The summed E-state index contributed by atoms with van der Waals surface area (Å²) in [6.45, 7) is 3.20. The number of benzene rings is 1. The molecule has 2 rings (SSSR count). The van der Waals surface area contributed by atoms with Crippen molar-refractivity contribution in [3.63, 3.8) is 0 Å². The van der Waals surface area contributed by atoms with E-state index in [9.17, 15) is 10.1 Å². The second-order valence-electron chi connectivity index (χ2n) is 4.56. The Bertz CT molecular complexity index is 461. The van der Waals surface area contributed by atoms with Crippen molar-refractivity contribution < 1.29 is 14.8 Å². The largest absolute Gasteiger partial charge is 0.396 e. The summed E-state index contributed by atoms with van der Waals surface area (Å²) in [5, 5.41) is 23.0. The molecule has 0 saturated carbocycles. The van der Waals surface area contributed by atoms with Crippen LogP contribution in [0.3, 0.4) is 0 Å². The first kappa shape index (κ1) is 14.5. The first-order valence-corrected chi connectivity index (χ1v) is 6.68. The summed E-state index contributed by atoms with van der Waals surface area (Å²) in [4.78, 5) is 12.8. The number of aliphatic hydroxyl groups is 1. The van der Waals surface area contributed by atoms with Crippen LogP contribution in [0.25, 0.3) is 0 Å². The lowest BCUT2D eigenvalue weighted by atomic mass is 10.2. The van der Waals surface area contributed by atoms with Gasteiger partial charge in [-0.1, -0.05) is 0 Å². The first-order chi connectivity index (χ1) is 9.72. The molecule has 1 aliphatic rings. The number of hydrogen-bond donors (Lipinski definition) is 2. The molecule has 1 aliphatic heterocycles. The van der Waals surface area contributed by atoms with Gasteiger partial charge in [-0.25, -0.2) is 0 Å². The molecule has 0 atom stereocenters. The van der Waals surface area contributed by atoms with Crippen LogP contribution >= 0.6 is 0 Å². The summed E-state index contributed by atoms with van der Waals surface area (Å²) in [6, 6.07) is 5.14. The van der Waals surface area contributed by atoms with Gasteiger partial charge < -0.3 is 20.1 Å². The van der Waals surface area contributed by atoms with E-state index >= 15 is 0 Å². The van der Waals surface area contributed by atoms with E-state index in [1.54, 1.807) is 12.1 Å². The molecule has 0 aromatic heterocycles. The summed E-state index contributed by atoms with van der Waals surface area (Å²) in [5.41, 5.74) is 1.43. The smallest absolute Gasteiger partial charge is 0.294 e. The highest BCUT2D eigenvalue weighted by Gasteiger charge is 2.21. The number of rotatable bonds is 6. The van der Waals surface area contributed by atoms with Gasteiger partial charge in [0.15, 0.2) is 0 Å². The number of ether oxygens (including phenoxy) is 1. The van der Waals surface area contributed by atoms with E-state index in [1.165, 1.54) is 0 Å². The number of nitrogens with zero attached hydrogens (tertiary/aromatic N) is 2. The van der Waals surface area contributed by atoms with E-state index < -0.39 is 0 Å². The average molecular weight is 281 g/mol. The zero-order valence-corrected chi connectivity index (χ0v) is 11.2. The Morgan fingerprint density at radius 3 is 2.80 bits per heavy atom. The molecule has 2 N–H and O–H groups in total. The Kier molecular flexibility index (Phi) is 5.14. The maximum Gasteiger partial charge on any atom is 0.294 e. The van der Waals surface area contributed by atoms with Crippen molar-refractivity contribution >= 4 is 17.1 Å². The fraction of sp³-hybridized carbons (Fsp3) is 0.538. The molecular formula is C13H19N3O4. The molecule has 1 fully saturated rings. The molecule has 1 aromatic rings. The third kappa shape index (κ3) is 3.58. The predicted molar refractivity (Wildman–Crippen MR) is 76.3 cm³/mol. The third-order valence-electron chi connectivity index (χ3n) is 3.19. The Morgan fingerprint density at radius 2 is 2.15 bits per heavy atom. The molecule has 20 heavy (non-hydrogen) atoms. The normalized spacial score (nSPS) is 15.2. The van der Waals surface area contributed by atoms with Crippen LogP contribution in [0.15, 0.2) is 18.2 Å². The van der Waals surface area contributed by atoms with Crippen LogP contribution in [0.5, 0.6) is 0 Å². The molecule has 0 aliphatic carbocycles. The Morgan fingerprint density at radius 1 is 1.40 bits per heavy atom. The van der Waals surface area contributed by atoms with Crippen LogP contribution < -0.4 is 10.2 Å². The van der Waals surface area contributed by atoms with Gasteiger partial charge in [0.25, 0.3) is 5.69 Å². The Labute approximate surface area is 117 Å². The molecule has 0 spiro atoms. The minimum Gasteiger partial charge on any atom is -0.396 e. The lowest BCUT2D eigenvalue weighted by molar-refractivity contribution is -0.384. The van der Waals surface area contributed by atoms with Crippen molar-refractivity contribution in [2.75, 3.05) is 49.7 Å². The summed E-state index contributed by atoms with van der Waals surface area (Å²) >= 11 is 0. The van der Waals surface area contributed by atoms with Crippen molar-refractivity contribution in [2.45, 2.75) is 6.42 Å². The zero-order valence-electron chi connectivity index (χ0n) is 11.2. The fourth-order valence-corrected chi connectivity index (χ4v) is 2.16. The molecule has 110 valence electrons. The lowest BCUT2D eigenvalue weighted by Crippen LogP contribution is -2.36. The SMILES string of the molecule is O=[N+]([O-])c1cc(NCCCO)ccc1N1CCOCC1. The Hall–Kier alpha value is -1.86. The number of nitro groups is 1. The highest BCUT2D eigenvalue weighted by Crippen LogP contribution is 2.31. The molecule has 1 heterocycles. The van der Waals surface area contributed by atoms with Crippen molar-refractivity contribution in [3.05, 3.63) is 28.3 Å². The van der Waals surface area contributed by atoms with Crippen molar-refractivity contribution in [3.8, 4) is 0 Å². The van der Waals surface area contributed by atoms with Gasteiger partial charge in [0.1, 0.15) is 5.69 Å². The predicted octanol–water partition coefficient (Wildman–Crippen LogP) is 1.23.